The van der Waals surface area contributed by atoms with Gasteiger partial charge < -0.3 is 15.2 Å². The zero-order valence-electron chi connectivity index (χ0n) is 14.9. The van der Waals surface area contributed by atoms with Crippen LogP contribution in [-0.4, -0.2) is 33.0 Å². The summed E-state index contributed by atoms with van der Waals surface area (Å²) in [7, 11) is 0. The molecule has 2 heterocycles. The fourth-order valence-corrected chi connectivity index (χ4v) is 2.70. The SMILES string of the molecule is Cc1nc2c(OCc3c(F)cccc3F)cccn2c1C(=O)N[C@H](C)CO. The summed E-state index contributed by atoms with van der Waals surface area (Å²) in [6.07, 6.45) is 1.64. The topological polar surface area (TPSA) is 75.9 Å². The number of carbonyl (C=O) groups is 1. The number of nitrogens with one attached hydrogen (secondary N) is 1. The molecule has 0 aliphatic carbocycles. The van der Waals surface area contributed by atoms with E-state index in [0.717, 1.165) is 12.1 Å². The molecule has 0 saturated heterocycles. The maximum atomic E-state index is 13.8. The van der Waals surface area contributed by atoms with Gasteiger partial charge in [0, 0.05) is 12.2 Å². The van der Waals surface area contributed by atoms with Crippen molar-refractivity contribution in [3.05, 3.63) is 65.1 Å². The van der Waals surface area contributed by atoms with Crippen LogP contribution in [0.3, 0.4) is 0 Å². The van der Waals surface area contributed by atoms with Gasteiger partial charge in [0.05, 0.1) is 17.9 Å². The zero-order chi connectivity index (χ0) is 19.6. The predicted octanol–water partition coefficient (Wildman–Crippen LogP) is 2.61. The number of hydrogen-bond acceptors (Lipinski definition) is 4. The number of ether oxygens (including phenoxy) is 1. The Morgan fingerprint density at radius 1 is 1.30 bits per heavy atom. The van der Waals surface area contributed by atoms with Crippen LogP contribution in [0.1, 0.15) is 28.7 Å². The highest BCUT2D eigenvalue weighted by molar-refractivity contribution is 5.95. The number of amides is 1. The molecule has 27 heavy (non-hydrogen) atoms. The van der Waals surface area contributed by atoms with Crippen molar-refractivity contribution in [3.63, 3.8) is 0 Å². The summed E-state index contributed by atoms with van der Waals surface area (Å²) in [6, 6.07) is 6.45. The Hall–Kier alpha value is -3.00. The van der Waals surface area contributed by atoms with E-state index >= 15 is 0 Å². The first kappa shape index (κ1) is 18.8. The molecule has 6 nitrogen and oxygen atoms in total. The van der Waals surface area contributed by atoms with Crippen LogP contribution < -0.4 is 10.1 Å². The van der Waals surface area contributed by atoms with E-state index in [1.807, 2.05) is 0 Å². The molecular weight excluding hydrogens is 356 g/mol. The van der Waals surface area contributed by atoms with Crippen molar-refractivity contribution in [2.45, 2.75) is 26.5 Å². The number of nitrogens with zero attached hydrogens (tertiary/aromatic N) is 2. The molecule has 0 aliphatic heterocycles. The lowest BCUT2D eigenvalue weighted by Gasteiger charge is -2.12. The van der Waals surface area contributed by atoms with E-state index in [0.29, 0.717) is 17.0 Å². The Morgan fingerprint density at radius 3 is 2.67 bits per heavy atom. The molecule has 0 bridgehead atoms. The van der Waals surface area contributed by atoms with Crippen molar-refractivity contribution in [2.75, 3.05) is 6.61 Å². The lowest BCUT2D eigenvalue weighted by molar-refractivity contribution is 0.0915. The number of fused-ring (bicyclic) bond motifs is 1. The molecule has 3 rings (SSSR count). The van der Waals surface area contributed by atoms with Gasteiger partial charge in [-0.1, -0.05) is 6.07 Å². The molecule has 1 aromatic carbocycles. The van der Waals surface area contributed by atoms with E-state index in [1.54, 1.807) is 36.6 Å². The highest BCUT2D eigenvalue weighted by Crippen LogP contribution is 2.24. The van der Waals surface area contributed by atoms with Crippen LogP contribution in [0.15, 0.2) is 36.5 Å². The summed E-state index contributed by atoms with van der Waals surface area (Å²) in [5, 5.41) is 11.8. The number of carbonyl (C=O) groups excluding carboxylic acids is 1. The number of imidazole rings is 1. The largest absolute Gasteiger partial charge is 0.485 e. The molecule has 3 aromatic rings. The molecule has 0 unspecified atom stereocenters. The zero-order valence-corrected chi connectivity index (χ0v) is 14.9. The molecule has 1 amide bonds. The second-order valence-electron chi connectivity index (χ2n) is 6.16. The molecule has 142 valence electrons. The fraction of sp³-hybridized carbons (Fsp3) is 0.263. The van der Waals surface area contributed by atoms with Crippen molar-refractivity contribution in [2.24, 2.45) is 0 Å². The van der Waals surface area contributed by atoms with Crippen LogP contribution in [0.4, 0.5) is 8.78 Å². The van der Waals surface area contributed by atoms with Gasteiger partial charge in [-0.15, -0.1) is 0 Å². The molecule has 2 N–H and O–H groups in total. The van der Waals surface area contributed by atoms with Gasteiger partial charge >= 0.3 is 0 Å². The van der Waals surface area contributed by atoms with Crippen molar-refractivity contribution >= 4 is 11.6 Å². The second-order valence-corrected chi connectivity index (χ2v) is 6.16. The number of aliphatic hydroxyl groups is 1. The first-order valence-electron chi connectivity index (χ1n) is 8.37. The van der Waals surface area contributed by atoms with Gasteiger partial charge in [0.2, 0.25) is 0 Å². The number of pyridine rings is 1. The minimum atomic E-state index is -0.695. The molecule has 8 heteroatoms. The maximum absolute atomic E-state index is 13.8. The molecular formula is C19H19F2N3O3. The van der Waals surface area contributed by atoms with Crippen molar-refractivity contribution < 1.29 is 23.4 Å². The quantitative estimate of drug-likeness (QED) is 0.695. The van der Waals surface area contributed by atoms with Crippen LogP contribution in [0.2, 0.25) is 0 Å². The van der Waals surface area contributed by atoms with Gasteiger partial charge in [0.25, 0.3) is 5.91 Å². The lowest BCUT2D eigenvalue weighted by Crippen LogP contribution is -2.36. The van der Waals surface area contributed by atoms with E-state index in [9.17, 15) is 13.6 Å². The number of benzene rings is 1. The van der Waals surface area contributed by atoms with E-state index < -0.39 is 17.7 Å². The monoisotopic (exact) mass is 375 g/mol. The molecule has 1 atom stereocenters. The summed E-state index contributed by atoms with van der Waals surface area (Å²) >= 11 is 0. The molecule has 0 spiro atoms. The standard InChI is InChI=1S/C19H19F2N3O3/c1-11(9-25)22-19(26)17-12(2)23-18-16(7-4-8-24(17)18)27-10-13-14(20)5-3-6-15(13)21/h3-8,11,25H,9-10H2,1-2H3,(H,22,26)/t11-/m1/s1. The number of halogens is 2. The normalized spacial score (nSPS) is 12.2. The van der Waals surface area contributed by atoms with Crippen molar-refractivity contribution in [1.82, 2.24) is 14.7 Å². The Kier molecular flexibility index (Phi) is 5.36. The molecule has 0 aliphatic rings. The third kappa shape index (κ3) is 3.75. The number of aliphatic hydroxyl groups excluding tert-OH is 1. The number of rotatable bonds is 6. The summed E-state index contributed by atoms with van der Waals surface area (Å²) in [5.41, 5.74) is 0.935. The third-order valence-corrected chi connectivity index (χ3v) is 4.09. The summed E-state index contributed by atoms with van der Waals surface area (Å²) in [4.78, 5) is 16.8. The van der Waals surface area contributed by atoms with Gasteiger partial charge in [-0.2, -0.15) is 0 Å². The van der Waals surface area contributed by atoms with Gasteiger partial charge in [0.1, 0.15) is 23.9 Å². The van der Waals surface area contributed by atoms with Gasteiger partial charge in [-0.25, -0.2) is 13.8 Å². The van der Waals surface area contributed by atoms with Crippen molar-refractivity contribution in [1.29, 1.82) is 0 Å². The highest BCUT2D eigenvalue weighted by Gasteiger charge is 2.20. The maximum Gasteiger partial charge on any atom is 0.270 e. The fourth-order valence-electron chi connectivity index (χ4n) is 2.70. The van der Waals surface area contributed by atoms with Crippen LogP contribution in [0.5, 0.6) is 5.75 Å². The summed E-state index contributed by atoms with van der Waals surface area (Å²) in [5.74, 6) is -1.49. The second kappa shape index (κ2) is 7.71. The Labute approximate surface area is 154 Å². The average molecular weight is 375 g/mol. The van der Waals surface area contributed by atoms with E-state index in [4.69, 9.17) is 9.84 Å². The van der Waals surface area contributed by atoms with Gasteiger partial charge in [0.15, 0.2) is 11.4 Å². The van der Waals surface area contributed by atoms with E-state index in [-0.39, 0.29) is 30.4 Å². The minimum Gasteiger partial charge on any atom is -0.485 e. The average Bonchev–Trinajstić information content (AvgIpc) is 2.97. The molecule has 0 radical (unpaired) electrons. The molecule has 0 saturated carbocycles. The lowest BCUT2D eigenvalue weighted by atomic mass is 10.2. The van der Waals surface area contributed by atoms with Crippen LogP contribution in [0.25, 0.3) is 5.65 Å². The van der Waals surface area contributed by atoms with Crippen LogP contribution >= 0.6 is 0 Å². The van der Waals surface area contributed by atoms with Crippen LogP contribution in [-0.2, 0) is 6.61 Å². The van der Waals surface area contributed by atoms with E-state index in [2.05, 4.69) is 10.3 Å². The number of aromatic nitrogens is 2. The highest BCUT2D eigenvalue weighted by atomic mass is 19.1. The predicted molar refractivity (Wildman–Crippen MR) is 94.6 cm³/mol. The van der Waals surface area contributed by atoms with Crippen LogP contribution in [0, 0.1) is 18.6 Å². The first-order chi connectivity index (χ1) is 12.9. The smallest absolute Gasteiger partial charge is 0.270 e. The Bertz CT molecular complexity index is 967. The Balaban J connectivity index is 1.92. The number of hydrogen-bond donors (Lipinski definition) is 2. The summed E-state index contributed by atoms with van der Waals surface area (Å²) < 4.78 is 34.7. The van der Waals surface area contributed by atoms with Crippen molar-refractivity contribution in [3.8, 4) is 5.75 Å². The first-order valence-corrected chi connectivity index (χ1v) is 8.37. The summed E-state index contributed by atoms with van der Waals surface area (Å²) in [6.45, 7) is 2.84. The number of aryl methyl sites for hydroxylation is 1. The molecule has 0 fully saturated rings. The van der Waals surface area contributed by atoms with E-state index in [1.165, 1.54) is 6.07 Å². The van der Waals surface area contributed by atoms with Gasteiger partial charge in [-0.05, 0) is 38.1 Å². The Morgan fingerprint density at radius 2 is 2.00 bits per heavy atom. The minimum absolute atomic E-state index is 0.183. The molecule has 2 aromatic heterocycles. The third-order valence-electron chi connectivity index (χ3n) is 4.09. The van der Waals surface area contributed by atoms with Gasteiger partial charge in [-0.3, -0.25) is 9.20 Å².